The molecule has 0 aromatic heterocycles. The predicted octanol–water partition coefficient (Wildman–Crippen LogP) is 6.03. The zero-order valence-electron chi connectivity index (χ0n) is 10.5. The van der Waals surface area contributed by atoms with Gasteiger partial charge in [-0.3, -0.25) is 0 Å². The molecule has 2 atom stereocenters. The van der Waals surface area contributed by atoms with Crippen LogP contribution in [0.1, 0.15) is 39.0 Å². The van der Waals surface area contributed by atoms with Gasteiger partial charge in [-0.2, -0.15) is 0 Å². The molecule has 0 radical (unpaired) electrons. The minimum Gasteiger partial charge on any atom is -0.381 e. The Morgan fingerprint density at radius 2 is 1.83 bits per heavy atom. The Labute approximate surface area is 124 Å². The van der Waals surface area contributed by atoms with E-state index in [1.54, 1.807) is 6.07 Å². The van der Waals surface area contributed by atoms with Crippen LogP contribution in [-0.4, -0.2) is 6.04 Å². The predicted molar refractivity (Wildman–Crippen MR) is 81.1 cm³/mol. The highest BCUT2D eigenvalue weighted by Gasteiger charge is 2.21. The maximum atomic E-state index is 6.19. The Morgan fingerprint density at radius 1 is 1.11 bits per heavy atom. The molecule has 1 nitrogen and oxygen atoms in total. The van der Waals surface area contributed by atoms with E-state index in [4.69, 9.17) is 34.8 Å². The first-order valence-electron chi connectivity index (χ1n) is 6.51. The molecular weight excluding hydrogens is 289 g/mol. The van der Waals surface area contributed by atoms with Crippen molar-refractivity contribution in [1.82, 2.24) is 0 Å². The fraction of sp³-hybridized carbons (Fsp3) is 0.571. The van der Waals surface area contributed by atoms with E-state index in [2.05, 4.69) is 12.2 Å². The molecule has 1 aliphatic carbocycles. The highest BCUT2D eigenvalue weighted by atomic mass is 35.5. The fourth-order valence-corrected chi connectivity index (χ4v) is 3.25. The van der Waals surface area contributed by atoms with E-state index in [1.807, 2.05) is 6.07 Å². The van der Waals surface area contributed by atoms with Gasteiger partial charge in [-0.15, -0.1) is 0 Å². The maximum Gasteiger partial charge on any atom is 0.0653 e. The molecule has 0 spiro atoms. The summed E-state index contributed by atoms with van der Waals surface area (Å²) in [4.78, 5) is 0. The molecule has 0 saturated heterocycles. The molecule has 2 unspecified atom stereocenters. The second-order valence-corrected chi connectivity index (χ2v) is 6.25. The van der Waals surface area contributed by atoms with Crippen LogP contribution in [-0.2, 0) is 0 Å². The number of halogens is 3. The molecule has 1 saturated carbocycles. The van der Waals surface area contributed by atoms with Crippen molar-refractivity contribution in [3.8, 4) is 0 Å². The topological polar surface area (TPSA) is 12.0 Å². The lowest BCUT2D eigenvalue weighted by molar-refractivity contribution is 0.327. The molecule has 1 fully saturated rings. The molecule has 1 aromatic carbocycles. The number of rotatable bonds is 3. The third kappa shape index (κ3) is 3.46. The number of hydrogen-bond donors (Lipinski definition) is 1. The molecule has 0 bridgehead atoms. The summed E-state index contributed by atoms with van der Waals surface area (Å²) in [6, 6.07) is 4.02. The van der Waals surface area contributed by atoms with Crippen molar-refractivity contribution in [1.29, 1.82) is 0 Å². The van der Waals surface area contributed by atoms with Gasteiger partial charge in [0.25, 0.3) is 0 Å². The van der Waals surface area contributed by atoms with Crippen molar-refractivity contribution < 1.29 is 0 Å². The second-order valence-electron chi connectivity index (χ2n) is 5.03. The number of anilines is 1. The third-order valence-corrected chi connectivity index (χ3v) is 4.76. The van der Waals surface area contributed by atoms with Crippen LogP contribution in [0.5, 0.6) is 0 Å². The van der Waals surface area contributed by atoms with Gasteiger partial charge in [-0.1, -0.05) is 61.0 Å². The Hall–Kier alpha value is -0.110. The van der Waals surface area contributed by atoms with Gasteiger partial charge < -0.3 is 5.32 Å². The summed E-state index contributed by atoms with van der Waals surface area (Å²) in [7, 11) is 0. The monoisotopic (exact) mass is 305 g/mol. The number of nitrogens with one attached hydrogen (secondary N) is 1. The van der Waals surface area contributed by atoms with Gasteiger partial charge in [0.15, 0.2) is 0 Å². The van der Waals surface area contributed by atoms with Gasteiger partial charge in [0.2, 0.25) is 0 Å². The summed E-state index contributed by atoms with van der Waals surface area (Å²) in [6.07, 6.45) is 6.31. The lowest BCUT2D eigenvalue weighted by Gasteiger charge is -2.30. The molecule has 0 heterocycles. The summed E-state index contributed by atoms with van der Waals surface area (Å²) in [5.74, 6) is 0.831. The smallest absolute Gasteiger partial charge is 0.0653 e. The lowest BCUT2D eigenvalue weighted by Crippen LogP contribution is -2.27. The van der Waals surface area contributed by atoms with Gasteiger partial charge in [0.1, 0.15) is 0 Å². The molecule has 4 heteroatoms. The second kappa shape index (κ2) is 6.36. The Bertz CT molecular complexity index is 420. The van der Waals surface area contributed by atoms with Gasteiger partial charge in [0, 0.05) is 6.04 Å². The first-order chi connectivity index (χ1) is 8.60. The van der Waals surface area contributed by atoms with Crippen molar-refractivity contribution in [2.75, 3.05) is 5.32 Å². The van der Waals surface area contributed by atoms with Crippen LogP contribution in [0.4, 0.5) is 5.69 Å². The minimum atomic E-state index is 0.499. The van der Waals surface area contributed by atoms with E-state index in [0.717, 1.165) is 11.6 Å². The summed E-state index contributed by atoms with van der Waals surface area (Å²) in [6.45, 7) is 2.26. The van der Waals surface area contributed by atoms with E-state index < -0.39 is 0 Å². The third-order valence-electron chi connectivity index (χ3n) is 3.73. The fourth-order valence-electron chi connectivity index (χ4n) is 2.65. The average Bonchev–Trinajstić information content (AvgIpc) is 2.36. The van der Waals surface area contributed by atoms with Gasteiger partial charge in [0.05, 0.1) is 20.8 Å². The number of hydrogen-bond acceptors (Lipinski definition) is 1. The summed E-state index contributed by atoms with van der Waals surface area (Å²) < 4.78 is 0. The van der Waals surface area contributed by atoms with Crippen LogP contribution in [0.2, 0.25) is 15.1 Å². The van der Waals surface area contributed by atoms with Crippen molar-refractivity contribution in [3.05, 3.63) is 27.2 Å². The van der Waals surface area contributed by atoms with E-state index >= 15 is 0 Å². The molecule has 18 heavy (non-hydrogen) atoms. The van der Waals surface area contributed by atoms with Gasteiger partial charge in [-0.05, 0) is 30.9 Å². The van der Waals surface area contributed by atoms with Crippen LogP contribution in [0.3, 0.4) is 0 Å². The van der Waals surface area contributed by atoms with Crippen molar-refractivity contribution in [3.63, 3.8) is 0 Å². The molecule has 2 rings (SSSR count). The van der Waals surface area contributed by atoms with Gasteiger partial charge in [-0.25, -0.2) is 0 Å². The zero-order valence-corrected chi connectivity index (χ0v) is 12.7. The zero-order chi connectivity index (χ0) is 13.1. The van der Waals surface area contributed by atoms with Crippen LogP contribution in [0, 0.1) is 5.92 Å². The number of benzene rings is 1. The molecule has 1 N–H and O–H groups in total. The van der Waals surface area contributed by atoms with Crippen molar-refractivity contribution in [2.24, 2.45) is 5.92 Å². The largest absolute Gasteiger partial charge is 0.381 e. The molecule has 0 amide bonds. The van der Waals surface area contributed by atoms with Crippen LogP contribution < -0.4 is 5.32 Å². The highest BCUT2D eigenvalue weighted by Crippen LogP contribution is 2.35. The van der Waals surface area contributed by atoms with E-state index in [1.165, 1.54) is 32.1 Å². The molecule has 0 aliphatic heterocycles. The molecule has 1 aliphatic rings. The first kappa shape index (κ1) is 14.3. The van der Waals surface area contributed by atoms with Crippen molar-refractivity contribution >= 4 is 40.5 Å². The Balaban J connectivity index is 2.07. The van der Waals surface area contributed by atoms with Crippen molar-refractivity contribution in [2.45, 2.75) is 45.1 Å². The molecular formula is C14H18Cl3N. The van der Waals surface area contributed by atoms with Crippen LogP contribution in [0.15, 0.2) is 12.1 Å². The highest BCUT2D eigenvalue weighted by molar-refractivity contribution is 6.44. The Morgan fingerprint density at radius 3 is 2.56 bits per heavy atom. The quantitative estimate of drug-likeness (QED) is 0.672. The molecule has 1 aromatic rings. The molecule has 100 valence electrons. The maximum absolute atomic E-state index is 6.19. The lowest BCUT2D eigenvalue weighted by atomic mass is 9.84. The Kier molecular flexibility index (Phi) is 5.06. The van der Waals surface area contributed by atoms with Crippen LogP contribution in [0.25, 0.3) is 0 Å². The van der Waals surface area contributed by atoms with E-state index in [9.17, 15) is 0 Å². The summed E-state index contributed by atoms with van der Waals surface area (Å²) >= 11 is 18.1. The average molecular weight is 307 g/mol. The van der Waals surface area contributed by atoms with Crippen LogP contribution >= 0.6 is 34.8 Å². The van der Waals surface area contributed by atoms with Gasteiger partial charge >= 0.3 is 0 Å². The summed E-state index contributed by atoms with van der Waals surface area (Å²) in [5.41, 5.74) is 0.896. The summed E-state index contributed by atoms with van der Waals surface area (Å²) in [5, 5.41) is 5.20. The van der Waals surface area contributed by atoms with E-state index in [-0.39, 0.29) is 0 Å². The minimum absolute atomic E-state index is 0.499. The van der Waals surface area contributed by atoms with E-state index in [0.29, 0.717) is 21.1 Å². The normalized spacial score (nSPS) is 24.0. The standard InChI is InChI=1S/C14H18Cl3N/c1-2-9-4-3-5-10(6-9)18-14-8-12(16)11(15)7-13(14)17/h7-10,18H,2-6H2,1H3. The SMILES string of the molecule is CCC1CCCC(Nc2cc(Cl)c(Cl)cc2Cl)C1. The first-order valence-corrected chi connectivity index (χ1v) is 7.64.